The van der Waals surface area contributed by atoms with E-state index in [0.29, 0.717) is 19.0 Å². The Morgan fingerprint density at radius 1 is 1.18 bits per heavy atom. The van der Waals surface area contributed by atoms with Gasteiger partial charge in [0.25, 0.3) is 0 Å². The standard InChI is InChI=1S/C21H25FN2O3S/c1-16-8-7-13-24(15-16)21(25)19(14-17-9-3-2-4-10-17)23-28(26,27)20-12-6-5-11-18(20)22/h2-6,9-12,16,19,23H,7-8,13-15H2,1H3. The first kappa shape index (κ1) is 20.5. The summed E-state index contributed by atoms with van der Waals surface area (Å²) in [6, 6.07) is 13.4. The number of piperidine rings is 1. The highest BCUT2D eigenvalue weighted by Crippen LogP contribution is 2.19. The van der Waals surface area contributed by atoms with E-state index in [1.807, 2.05) is 30.3 Å². The summed E-state index contributed by atoms with van der Waals surface area (Å²) >= 11 is 0. The van der Waals surface area contributed by atoms with E-state index >= 15 is 0 Å². The van der Waals surface area contributed by atoms with Crippen LogP contribution in [0.2, 0.25) is 0 Å². The van der Waals surface area contributed by atoms with Gasteiger partial charge in [0.1, 0.15) is 16.8 Å². The van der Waals surface area contributed by atoms with Gasteiger partial charge in [-0.15, -0.1) is 0 Å². The maximum Gasteiger partial charge on any atom is 0.244 e. The van der Waals surface area contributed by atoms with E-state index in [2.05, 4.69) is 11.6 Å². The van der Waals surface area contributed by atoms with Crippen molar-refractivity contribution in [3.8, 4) is 0 Å². The van der Waals surface area contributed by atoms with Gasteiger partial charge >= 0.3 is 0 Å². The monoisotopic (exact) mass is 404 g/mol. The number of nitrogens with one attached hydrogen (secondary N) is 1. The topological polar surface area (TPSA) is 66.5 Å². The fourth-order valence-corrected chi connectivity index (χ4v) is 4.82. The van der Waals surface area contributed by atoms with Crippen molar-refractivity contribution in [1.82, 2.24) is 9.62 Å². The highest BCUT2D eigenvalue weighted by atomic mass is 32.2. The Morgan fingerprint density at radius 3 is 2.54 bits per heavy atom. The summed E-state index contributed by atoms with van der Waals surface area (Å²) in [5.74, 6) is -0.735. The van der Waals surface area contributed by atoms with Crippen molar-refractivity contribution in [2.24, 2.45) is 5.92 Å². The van der Waals surface area contributed by atoms with Gasteiger partial charge in [-0.25, -0.2) is 12.8 Å². The second kappa shape index (κ2) is 8.84. The van der Waals surface area contributed by atoms with E-state index in [-0.39, 0.29) is 12.3 Å². The van der Waals surface area contributed by atoms with Crippen LogP contribution in [-0.2, 0) is 21.2 Å². The summed E-state index contributed by atoms with van der Waals surface area (Å²) in [4.78, 5) is 14.4. The maximum atomic E-state index is 14.1. The minimum absolute atomic E-state index is 0.207. The molecule has 0 aliphatic carbocycles. The third-order valence-corrected chi connectivity index (χ3v) is 6.48. The molecule has 3 rings (SSSR count). The minimum atomic E-state index is -4.18. The molecular formula is C21H25FN2O3S. The zero-order valence-corrected chi connectivity index (χ0v) is 16.7. The van der Waals surface area contributed by atoms with Crippen LogP contribution in [0.25, 0.3) is 0 Å². The fraction of sp³-hybridized carbons (Fsp3) is 0.381. The molecular weight excluding hydrogens is 379 g/mol. The van der Waals surface area contributed by atoms with Crippen LogP contribution in [-0.4, -0.2) is 38.4 Å². The smallest absolute Gasteiger partial charge is 0.244 e. The Bertz CT molecular complexity index is 918. The molecule has 0 spiro atoms. The average Bonchev–Trinajstić information content (AvgIpc) is 2.68. The van der Waals surface area contributed by atoms with Gasteiger partial charge in [-0.05, 0) is 42.9 Å². The number of benzene rings is 2. The second-order valence-electron chi connectivity index (χ2n) is 7.33. The molecule has 1 fully saturated rings. The van der Waals surface area contributed by atoms with Gasteiger partial charge in [0.15, 0.2) is 0 Å². The van der Waals surface area contributed by atoms with Gasteiger partial charge in [-0.3, -0.25) is 4.79 Å². The molecule has 1 heterocycles. The predicted molar refractivity (Wildman–Crippen MR) is 106 cm³/mol. The van der Waals surface area contributed by atoms with Gasteiger partial charge < -0.3 is 4.90 Å². The zero-order valence-electron chi connectivity index (χ0n) is 15.8. The molecule has 0 radical (unpaired) electrons. The summed E-state index contributed by atoms with van der Waals surface area (Å²) in [7, 11) is -4.18. The summed E-state index contributed by atoms with van der Waals surface area (Å²) < 4.78 is 42.1. The maximum absolute atomic E-state index is 14.1. The molecule has 1 amide bonds. The normalized spacial score (nSPS) is 18.6. The molecule has 2 aromatic rings. The van der Waals surface area contributed by atoms with Crippen LogP contribution in [0.1, 0.15) is 25.3 Å². The van der Waals surface area contributed by atoms with Crippen LogP contribution < -0.4 is 4.72 Å². The van der Waals surface area contributed by atoms with Crippen molar-refractivity contribution < 1.29 is 17.6 Å². The first-order valence-corrected chi connectivity index (χ1v) is 10.9. The molecule has 5 nitrogen and oxygen atoms in total. The number of halogens is 1. The molecule has 1 N–H and O–H groups in total. The van der Waals surface area contributed by atoms with E-state index in [1.165, 1.54) is 18.2 Å². The molecule has 2 atom stereocenters. The molecule has 28 heavy (non-hydrogen) atoms. The molecule has 1 aliphatic rings. The Balaban J connectivity index is 1.87. The first-order chi connectivity index (χ1) is 13.4. The molecule has 1 saturated heterocycles. The lowest BCUT2D eigenvalue weighted by Crippen LogP contribution is -2.52. The number of amides is 1. The quantitative estimate of drug-likeness (QED) is 0.805. The van der Waals surface area contributed by atoms with E-state index in [4.69, 9.17) is 0 Å². The second-order valence-corrected chi connectivity index (χ2v) is 9.01. The van der Waals surface area contributed by atoms with Crippen LogP contribution in [0, 0.1) is 11.7 Å². The number of sulfonamides is 1. The SMILES string of the molecule is CC1CCCN(C(=O)C(Cc2ccccc2)NS(=O)(=O)c2ccccc2F)C1. The third-order valence-electron chi connectivity index (χ3n) is 4.97. The number of rotatable bonds is 6. The Kier molecular flexibility index (Phi) is 6.46. The van der Waals surface area contributed by atoms with Gasteiger partial charge in [-0.2, -0.15) is 4.72 Å². The van der Waals surface area contributed by atoms with Crippen LogP contribution in [0.5, 0.6) is 0 Å². The molecule has 2 aromatic carbocycles. The van der Waals surface area contributed by atoms with Crippen molar-refractivity contribution in [3.05, 3.63) is 66.0 Å². The lowest BCUT2D eigenvalue weighted by Gasteiger charge is -2.33. The van der Waals surface area contributed by atoms with Gasteiger partial charge in [0.05, 0.1) is 0 Å². The first-order valence-electron chi connectivity index (χ1n) is 9.46. The lowest BCUT2D eigenvalue weighted by atomic mass is 9.98. The molecule has 0 bridgehead atoms. The van der Waals surface area contributed by atoms with Crippen LogP contribution in [0.4, 0.5) is 4.39 Å². The highest BCUT2D eigenvalue weighted by Gasteiger charge is 2.32. The minimum Gasteiger partial charge on any atom is -0.341 e. The Hall–Kier alpha value is -2.25. The molecule has 2 unspecified atom stereocenters. The van der Waals surface area contributed by atoms with Crippen molar-refractivity contribution in [2.75, 3.05) is 13.1 Å². The fourth-order valence-electron chi connectivity index (χ4n) is 3.55. The molecule has 150 valence electrons. The number of likely N-dealkylation sites (tertiary alicyclic amines) is 1. The van der Waals surface area contributed by atoms with Crippen LogP contribution in [0.15, 0.2) is 59.5 Å². The number of carbonyl (C=O) groups excluding carboxylic acids is 1. The third kappa shape index (κ3) is 4.97. The molecule has 0 aromatic heterocycles. The van der Waals surface area contributed by atoms with Gasteiger partial charge in [-0.1, -0.05) is 49.4 Å². The average molecular weight is 405 g/mol. The van der Waals surface area contributed by atoms with E-state index in [0.717, 1.165) is 24.5 Å². The van der Waals surface area contributed by atoms with Crippen molar-refractivity contribution >= 4 is 15.9 Å². The van der Waals surface area contributed by atoms with Crippen molar-refractivity contribution in [1.29, 1.82) is 0 Å². The lowest BCUT2D eigenvalue weighted by molar-refractivity contribution is -0.134. The van der Waals surface area contributed by atoms with E-state index in [1.54, 1.807) is 4.90 Å². The predicted octanol–water partition coefficient (Wildman–Crippen LogP) is 2.97. The van der Waals surface area contributed by atoms with Crippen molar-refractivity contribution in [3.63, 3.8) is 0 Å². The summed E-state index contributed by atoms with van der Waals surface area (Å²) in [6.07, 6.45) is 2.15. The number of hydrogen-bond donors (Lipinski definition) is 1. The van der Waals surface area contributed by atoms with Crippen molar-refractivity contribution in [2.45, 2.75) is 37.1 Å². The van der Waals surface area contributed by atoms with E-state index in [9.17, 15) is 17.6 Å². The Labute approximate surface area is 165 Å². The summed E-state index contributed by atoms with van der Waals surface area (Å²) in [5.41, 5.74) is 0.835. The van der Waals surface area contributed by atoms with Crippen LogP contribution in [0.3, 0.4) is 0 Å². The summed E-state index contributed by atoms with van der Waals surface area (Å²) in [6.45, 7) is 3.29. The number of carbonyl (C=O) groups is 1. The van der Waals surface area contributed by atoms with Crippen LogP contribution >= 0.6 is 0 Å². The summed E-state index contributed by atoms with van der Waals surface area (Å²) in [5, 5.41) is 0. The number of nitrogens with zero attached hydrogens (tertiary/aromatic N) is 1. The molecule has 1 aliphatic heterocycles. The van der Waals surface area contributed by atoms with Gasteiger partial charge in [0.2, 0.25) is 15.9 Å². The largest absolute Gasteiger partial charge is 0.341 e. The number of hydrogen-bond acceptors (Lipinski definition) is 3. The highest BCUT2D eigenvalue weighted by molar-refractivity contribution is 7.89. The zero-order chi connectivity index (χ0) is 20.1. The molecule has 7 heteroatoms. The Morgan fingerprint density at radius 2 is 1.86 bits per heavy atom. The van der Waals surface area contributed by atoms with Gasteiger partial charge in [0, 0.05) is 13.1 Å². The molecule has 0 saturated carbocycles. The van der Waals surface area contributed by atoms with E-state index < -0.39 is 26.8 Å².